The van der Waals surface area contributed by atoms with Crippen LogP contribution in [0.15, 0.2) is 48.5 Å². The summed E-state index contributed by atoms with van der Waals surface area (Å²) in [6.07, 6.45) is 6.58. The number of carbonyl (C=O) groups is 1. The third-order valence-electron chi connectivity index (χ3n) is 7.04. The van der Waals surface area contributed by atoms with Crippen LogP contribution >= 0.6 is 12.2 Å². The van der Waals surface area contributed by atoms with Crippen molar-refractivity contribution in [3.05, 3.63) is 69.8 Å². The number of benzene rings is 2. The van der Waals surface area contributed by atoms with Crippen LogP contribution in [-0.4, -0.2) is 60.1 Å². The minimum Gasteiger partial charge on any atom is -0.368 e. The molecule has 2 saturated heterocycles. The monoisotopic (exact) mass is 521 g/mol. The van der Waals surface area contributed by atoms with E-state index >= 15 is 0 Å². The van der Waals surface area contributed by atoms with Crippen LogP contribution in [0.5, 0.6) is 0 Å². The van der Waals surface area contributed by atoms with Crippen molar-refractivity contribution >= 4 is 46.4 Å². The molecular weight excluding hydrogens is 486 g/mol. The zero-order valence-electron chi connectivity index (χ0n) is 21.6. The highest BCUT2D eigenvalue weighted by Gasteiger charge is 2.25. The number of hydrogen-bond acceptors (Lipinski definition) is 6. The quantitative estimate of drug-likeness (QED) is 0.249. The first-order valence-corrected chi connectivity index (χ1v) is 13.4. The summed E-state index contributed by atoms with van der Waals surface area (Å²) in [5, 5.41) is 14.9. The molecule has 196 valence electrons. The lowest BCUT2D eigenvalue weighted by Crippen LogP contribution is -2.52. The second-order valence-corrected chi connectivity index (χ2v) is 10.3. The maximum Gasteiger partial charge on any atom is 0.292 e. The van der Waals surface area contributed by atoms with Crippen molar-refractivity contribution in [3.63, 3.8) is 0 Å². The lowest BCUT2D eigenvalue weighted by molar-refractivity contribution is -0.384. The molecule has 0 aliphatic carbocycles. The molecule has 2 fully saturated rings. The Hall–Kier alpha value is -3.46. The van der Waals surface area contributed by atoms with E-state index in [0.717, 1.165) is 37.2 Å². The van der Waals surface area contributed by atoms with Crippen molar-refractivity contribution in [2.24, 2.45) is 0 Å². The Kier molecular flexibility index (Phi) is 8.76. The van der Waals surface area contributed by atoms with E-state index in [0.29, 0.717) is 42.9 Å². The third-order valence-corrected chi connectivity index (χ3v) is 7.41. The van der Waals surface area contributed by atoms with Gasteiger partial charge in [0.25, 0.3) is 5.69 Å². The highest BCUT2D eigenvalue weighted by atomic mass is 32.1. The number of nitrogens with one attached hydrogen (secondary N) is 1. The molecule has 2 aromatic rings. The number of nitro benzene ring substituents is 1. The van der Waals surface area contributed by atoms with E-state index in [4.69, 9.17) is 12.2 Å². The molecule has 9 heteroatoms. The summed E-state index contributed by atoms with van der Waals surface area (Å²) in [5.41, 5.74) is 4.08. The Balaban J connectivity index is 1.32. The second-order valence-electron chi connectivity index (χ2n) is 9.90. The Morgan fingerprint density at radius 1 is 0.973 bits per heavy atom. The molecule has 8 nitrogen and oxygen atoms in total. The van der Waals surface area contributed by atoms with Crippen molar-refractivity contribution in [2.75, 3.05) is 49.1 Å². The molecular formula is C28H35N5O3S. The van der Waals surface area contributed by atoms with Gasteiger partial charge in [-0.05, 0) is 66.7 Å². The molecule has 1 N–H and O–H groups in total. The van der Waals surface area contributed by atoms with Crippen LogP contribution in [0.1, 0.15) is 50.2 Å². The van der Waals surface area contributed by atoms with Gasteiger partial charge in [0.1, 0.15) is 5.69 Å². The standard InChI is InChI=1S/C28H35N5O3S/c1-21(2)23-9-6-22(7-10-23)8-13-27(34)29-28(37)32-18-16-30(17-19-32)24-11-12-25(33(35)36)26(20-24)31-14-4-3-5-15-31/h6-13,20-21H,3-5,14-19H2,1-2H3,(H,29,34,37). The highest BCUT2D eigenvalue weighted by molar-refractivity contribution is 7.80. The van der Waals surface area contributed by atoms with Gasteiger partial charge in [-0.2, -0.15) is 0 Å². The first kappa shape index (κ1) is 26.6. The fourth-order valence-corrected chi connectivity index (χ4v) is 5.09. The van der Waals surface area contributed by atoms with Gasteiger partial charge in [-0.15, -0.1) is 0 Å². The maximum absolute atomic E-state index is 12.4. The first-order valence-electron chi connectivity index (χ1n) is 13.0. The summed E-state index contributed by atoms with van der Waals surface area (Å²) in [4.78, 5) is 30.1. The van der Waals surface area contributed by atoms with Gasteiger partial charge in [0.05, 0.1) is 4.92 Å². The summed E-state index contributed by atoms with van der Waals surface area (Å²) in [6.45, 7) is 8.75. The average Bonchev–Trinajstić information content (AvgIpc) is 2.92. The molecule has 0 spiro atoms. The summed E-state index contributed by atoms with van der Waals surface area (Å²) in [6, 6.07) is 13.6. The first-order chi connectivity index (χ1) is 17.8. The van der Waals surface area contributed by atoms with Crippen LogP contribution in [0.25, 0.3) is 6.08 Å². The second kappa shape index (κ2) is 12.2. The van der Waals surface area contributed by atoms with Crippen molar-refractivity contribution in [2.45, 2.75) is 39.0 Å². The zero-order chi connectivity index (χ0) is 26.4. The lowest BCUT2D eigenvalue weighted by Gasteiger charge is -2.37. The SMILES string of the molecule is CC(C)c1ccc(C=CC(=O)NC(=S)N2CCN(c3ccc([N+](=O)[O-])c(N4CCCCC4)c3)CC2)cc1. The van der Waals surface area contributed by atoms with Gasteiger partial charge in [-0.1, -0.05) is 38.1 Å². The Labute approximate surface area is 224 Å². The van der Waals surface area contributed by atoms with E-state index in [1.807, 2.05) is 29.2 Å². The Bertz CT molecular complexity index is 1150. The predicted octanol–water partition coefficient (Wildman–Crippen LogP) is 4.95. The highest BCUT2D eigenvalue weighted by Crippen LogP contribution is 2.34. The van der Waals surface area contributed by atoms with Crippen LogP contribution in [0.4, 0.5) is 17.1 Å². The minimum absolute atomic E-state index is 0.164. The predicted molar refractivity (Wildman–Crippen MR) is 153 cm³/mol. The Morgan fingerprint density at radius 2 is 1.65 bits per heavy atom. The van der Waals surface area contributed by atoms with Crippen LogP contribution in [0.2, 0.25) is 0 Å². The molecule has 0 saturated carbocycles. The molecule has 0 aromatic heterocycles. The van der Waals surface area contributed by atoms with Crippen molar-refractivity contribution < 1.29 is 9.72 Å². The van der Waals surface area contributed by atoms with Gasteiger partial charge in [-0.3, -0.25) is 20.2 Å². The van der Waals surface area contributed by atoms with Crippen molar-refractivity contribution in [3.8, 4) is 0 Å². The molecule has 0 radical (unpaired) electrons. The van der Waals surface area contributed by atoms with Gasteiger partial charge in [-0.25, -0.2) is 0 Å². The number of rotatable bonds is 6. The normalized spacial score (nSPS) is 16.4. The minimum atomic E-state index is -0.290. The number of nitro groups is 1. The molecule has 0 bridgehead atoms. The number of thiocarbonyl (C=S) groups is 1. The number of nitrogens with zero attached hydrogens (tertiary/aromatic N) is 4. The molecule has 0 atom stereocenters. The fourth-order valence-electron chi connectivity index (χ4n) is 4.81. The molecule has 2 aliphatic rings. The van der Waals surface area contributed by atoms with Gasteiger partial charge < -0.3 is 14.7 Å². The van der Waals surface area contributed by atoms with Gasteiger partial charge in [0.2, 0.25) is 5.91 Å². The van der Waals surface area contributed by atoms with Crippen LogP contribution in [0, 0.1) is 10.1 Å². The van der Waals surface area contributed by atoms with E-state index in [1.54, 1.807) is 12.1 Å². The van der Waals surface area contributed by atoms with E-state index in [2.05, 4.69) is 41.1 Å². The van der Waals surface area contributed by atoms with Crippen LogP contribution in [0.3, 0.4) is 0 Å². The fraction of sp³-hybridized carbons (Fsp3) is 0.429. The number of piperazine rings is 1. The number of carbonyl (C=O) groups excluding carboxylic acids is 1. The smallest absolute Gasteiger partial charge is 0.292 e. The lowest BCUT2D eigenvalue weighted by atomic mass is 10.0. The number of anilines is 2. The molecule has 1 amide bonds. The summed E-state index contributed by atoms with van der Waals surface area (Å²) >= 11 is 5.49. The molecule has 2 heterocycles. The summed E-state index contributed by atoms with van der Waals surface area (Å²) in [7, 11) is 0. The Morgan fingerprint density at radius 3 is 2.27 bits per heavy atom. The molecule has 37 heavy (non-hydrogen) atoms. The largest absolute Gasteiger partial charge is 0.368 e. The molecule has 2 aromatic carbocycles. The topological polar surface area (TPSA) is 82.0 Å². The molecule has 4 rings (SSSR count). The summed E-state index contributed by atoms with van der Waals surface area (Å²) < 4.78 is 0. The number of piperidine rings is 1. The molecule has 2 aliphatic heterocycles. The van der Waals surface area contributed by atoms with Crippen molar-refractivity contribution in [1.82, 2.24) is 10.2 Å². The maximum atomic E-state index is 12.4. The number of amides is 1. The summed E-state index contributed by atoms with van der Waals surface area (Å²) in [5.74, 6) is 0.221. The van der Waals surface area contributed by atoms with E-state index in [-0.39, 0.29) is 16.5 Å². The van der Waals surface area contributed by atoms with Gasteiger partial charge in [0.15, 0.2) is 5.11 Å². The third kappa shape index (κ3) is 6.85. The van der Waals surface area contributed by atoms with Gasteiger partial charge in [0, 0.05) is 57.1 Å². The van der Waals surface area contributed by atoms with E-state index in [9.17, 15) is 14.9 Å². The van der Waals surface area contributed by atoms with Crippen LogP contribution < -0.4 is 15.1 Å². The van der Waals surface area contributed by atoms with Gasteiger partial charge >= 0.3 is 0 Å². The average molecular weight is 522 g/mol. The van der Waals surface area contributed by atoms with E-state index in [1.165, 1.54) is 18.1 Å². The van der Waals surface area contributed by atoms with Crippen LogP contribution in [-0.2, 0) is 4.79 Å². The zero-order valence-corrected chi connectivity index (χ0v) is 22.4. The van der Waals surface area contributed by atoms with Crippen molar-refractivity contribution in [1.29, 1.82) is 0 Å². The number of hydrogen-bond donors (Lipinski definition) is 1. The van der Waals surface area contributed by atoms with E-state index < -0.39 is 0 Å². The molecule has 0 unspecified atom stereocenters.